The SMILES string of the molecule is Fc1c(Cl)cc(NCC2CSc3ccccc32)cc1Cl. The van der Waals surface area contributed by atoms with Crippen molar-refractivity contribution in [3.05, 3.63) is 57.8 Å². The molecule has 1 aliphatic rings. The number of halogens is 3. The molecule has 0 radical (unpaired) electrons. The minimum atomic E-state index is -0.569. The second-order valence-electron chi connectivity index (χ2n) is 4.68. The van der Waals surface area contributed by atoms with Crippen LogP contribution in [0.3, 0.4) is 0 Å². The molecule has 0 aromatic heterocycles. The number of hydrogen-bond acceptors (Lipinski definition) is 2. The first kappa shape index (κ1) is 14.1. The van der Waals surface area contributed by atoms with Crippen LogP contribution in [0.25, 0.3) is 0 Å². The Balaban J connectivity index is 1.72. The summed E-state index contributed by atoms with van der Waals surface area (Å²) < 4.78 is 13.4. The number of nitrogens with one attached hydrogen (secondary N) is 1. The van der Waals surface area contributed by atoms with Crippen LogP contribution in [0.1, 0.15) is 11.5 Å². The molecular weight excluding hydrogens is 316 g/mol. The van der Waals surface area contributed by atoms with Crippen LogP contribution < -0.4 is 5.32 Å². The highest BCUT2D eigenvalue weighted by molar-refractivity contribution is 7.99. The summed E-state index contributed by atoms with van der Waals surface area (Å²) in [5, 5.41) is 3.37. The van der Waals surface area contributed by atoms with Crippen molar-refractivity contribution in [2.24, 2.45) is 0 Å². The largest absolute Gasteiger partial charge is 0.384 e. The maximum Gasteiger partial charge on any atom is 0.160 e. The Kier molecular flexibility index (Phi) is 4.11. The van der Waals surface area contributed by atoms with Crippen LogP contribution in [0.15, 0.2) is 41.3 Å². The Morgan fingerprint density at radius 2 is 1.90 bits per heavy atom. The Labute approximate surface area is 131 Å². The van der Waals surface area contributed by atoms with Gasteiger partial charge in [-0.1, -0.05) is 41.4 Å². The van der Waals surface area contributed by atoms with E-state index in [1.54, 1.807) is 12.1 Å². The van der Waals surface area contributed by atoms with E-state index in [9.17, 15) is 4.39 Å². The first-order chi connectivity index (χ1) is 9.65. The molecule has 1 atom stereocenters. The molecule has 20 heavy (non-hydrogen) atoms. The molecule has 0 spiro atoms. The van der Waals surface area contributed by atoms with E-state index in [1.807, 2.05) is 11.8 Å². The Morgan fingerprint density at radius 3 is 2.65 bits per heavy atom. The summed E-state index contributed by atoms with van der Waals surface area (Å²) in [7, 11) is 0. The number of anilines is 1. The molecule has 0 bridgehead atoms. The van der Waals surface area contributed by atoms with E-state index in [1.165, 1.54) is 10.5 Å². The fourth-order valence-corrected chi connectivity index (χ4v) is 4.04. The van der Waals surface area contributed by atoms with Gasteiger partial charge in [-0.15, -0.1) is 11.8 Å². The van der Waals surface area contributed by atoms with Gasteiger partial charge < -0.3 is 5.32 Å². The van der Waals surface area contributed by atoms with E-state index >= 15 is 0 Å². The summed E-state index contributed by atoms with van der Waals surface area (Å²) in [5.74, 6) is 0.925. The molecule has 104 valence electrons. The highest BCUT2D eigenvalue weighted by Gasteiger charge is 2.22. The molecule has 2 aromatic carbocycles. The van der Waals surface area contributed by atoms with Crippen LogP contribution in [0.5, 0.6) is 0 Å². The molecule has 1 aliphatic heterocycles. The van der Waals surface area contributed by atoms with E-state index in [2.05, 4.69) is 29.6 Å². The molecule has 5 heteroatoms. The number of hydrogen-bond donors (Lipinski definition) is 1. The van der Waals surface area contributed by atoms with Crippen LogP contribution in [-0.4, -0.2) is 12.3 Å². The lowest BCUT2D eigenvalue weighted by atomic mass is 10.0. The molecule has 0 amide bonds. The number of fused-ring (bicyclic) bond motifs is 1. The maximum absolute atomic E-state index is 13.4. The summed E-state index contributed by atoms with van der Waals surface area (Å²) in [6, 6.07) is 11.6. The van der Waals surface area contributed by atoms with Gasteiger partial charge in [-0.25, -0.2) is 4.39 Å². The number of benzene rings is 2. The lowest BCUT2D eigenvalue weighted by molar-refractivity contribution is 0.629. The van der Waals surface area contributed by atoms with Gasteiger partial charge in [0.2, 0.25) is 0 Å². The van der Waals surface area contributed by atoms with E-state index < -0.39 is 5.82 Å². The summed E-state index contributed by atoms with van der Waals surface area (Å²) in [4.78, 5) is 1.34. The molecule has 1 nitrogen and oxygen atoms in total. The summed E-state index contributed by atoms with van der Waals surface area (Å²) in [5.41, 5.74) is 2.11. The number of thioether (sulfide) groups is 1. The van der Waals surface area contributed by atoms with Gasteiger partial charge in [0.25, 0.3) is 0 Å². The summed E-state index contributed by atoms with van der Waals surface area (Å²) in [6.07, 6.45) is 0. The molecule has 2 aromatic rings. The van der Waals surface area contributed by atoms with Gasteiger partial charge in [-0.2, -0.15) is 0 Å². The molecule has 0 aliphatic carbocycles. The minimum Gasteiger partial charge on any atom is -0.384 e. The molecule has 1 heterocycles. The van der Waals surface area contributed by atoms with Crippen LogP contribution in [-0.2, 0) is 0 Å². The first-order valence-electron chi connectivity index (χ1n) is 6.25. The van der Waals surface area contributed by atoms with Crippen molar-refractivity contribution in [1.29, 1.82) is 0 Å². The van der Waals surface area contributed by atoms with Crippen molar-refractivity contribution in [2.75, 3.05) is 17.6 Å². The molecule has 1 N–H and O–H groups in total. The van der Waals surface area contributed by atoms with Crippen molar-refractivity contribution in [3.8, 4) is 0 Å². The third-order valence-corrected chi connectivity index (χ3v) is 5.14. The standard InChI is InChI=1S/C15H12Cl2FNS/c16-12-5-10(6-13(17)15(12)18)19-7-9-8-20-14-4-2-1-3-11(9)14/h1-6,9,19H,7-8H2. The molecule has 0 saturated carbocycles. The monoisotopic (exact) mass is 327 g/mol. The van der Waals surface area contributed by atoms with Crippen LogP contribution in [0.2, 0.25) is 10.0 Å². The maximum atomic E-state index is 13.4. The topological polar surface area (TPSA) is 12.0 Å². The quantitative estimate of drug-likeness (QED) is 0.754. The summed E-state index contributed by atoms with van der Waals surface area (Å²) >= 11 is 13.5. The number of rotatable bonds is 3. The zero-order chi connectivity index (χ0) is 14.1. The van der Waals surface area contributed by atoms with Gasteiger partial charge in [-0.05, 0) is 23.8 Å². The first-order valence-corrected chi connectivity index (χ1v) is 7.99. The zero-order valence-corrected chi connectivity index (χ0v) is 12.8. The molecule has 1 unspecified atom stereocenters. The van der Waals surface area contributed by atoms with Gasteiger partial charge in [0.05, 0.1) is 10.0 Å². The fourth-order valence-electron chi connectivity index (χ4n) is 2.30. The van der Waals surface area contributed by atoms with Crippen molar-refractivity contribution in [2.45, 2.75) is 10.8 Å². The lowest BCUT2D eigenvalue weighted by Gasteiger charge is -2.14. The summed E-state index contributed by atoms with van der Waals surface area (Å²) in [6.45, 7) is 0.780. The van der Waals surface area contributed by atoms with E-state index in [4.69, 9.17) is 23.2 Å². The Morgan fingerprint density at radius 1 is 1.20 bits per heavy atom. The predicted molar refractivity (Wildman–Crippen MR) is 84.8 cm³/mol. The van der Waals surface area contributed by atoms with Gasteiger partial charge in [0.15, 0.2) is 5.82 Å². The smallest absolute Gasteiger partial charge is 0.160 e. The second-order valence-corrected chi connectivity index (χ2v) is 6.56. The van der Waals surface area contributed by atoms with Crippen molar-refractivity contribution >= 4 is 40.7 Å². The van der Waals surface area contributed by atoms with Gasteiger partial charge in [0.1, 0.15) is 0 Å². The Hall–Kier alpha value is -0.900. The highest BCUT2D eigenvalue weighted by Crippen LogP contribution is 2.39. The Bertz CT molecular complexity index is 625. The zero-order valence-electron chi connectivity index (χ0n) is 10.5. The predicted octanol–water partition coefficient (Wildman–Crippen LogP) is 5.43. The normalized spacial score (nSPS) is 17.1. The average molecular weight is 328 g/mol. The third-order valence-electron chi connectivity index (χ3n) is 3.34. The van der Waals surface area contributed by atoms with E-state index in [-0.39, 0.29) is 10.0 Å². The fraction of sp³-hybridized carbons (Fsp3) is 0.200. The molecule has 3 rings (SSSR count). The van der Waals surface area contributed by atoms with Crippen molar-refractivity contribution < 1.29 is 4.39 Å². The van der Waals surface area contributed by atoms with Crippen LogP contribution >= 0.6 is 35.0 Å². The third kappa shape index (κ3) is 2.76. The second kappa shape index (κ2) is 5.84. The minimum absolute atomic E-state index is 0.0428. The van der Waals surface area contributed by atoms with Gasteiger partial charge >= 0.3 is 0 Å². The van der Waals surface area contributed by atoms with E-state index in [0.717, 1.165) is 18.0 Å². The molecular formula is C15H12Cl2FNS. The molecule has 0 saturated heterocycles. The van der Waals surface area contributed by atoms with Gasteiger partial charge in [-0.3, -0.25) is 0 Å². The van der Waals surface area contributed by atoms with Crippen molar-refractivity contribution in [1.82, 2.24) is 0 Å². The lowest BCUT2D eigenvalue weighted by Crippen LogP contribution is -2.12. The van der Waals surface area contributed by atoms with E-state index in [0.29, 0.717) is 5.92 Å². The van der Waals surface area contributed by atoms with Crippen LogP contribution in [0, 0.1) is 5.82 Å². The highest BCUT2D eigenvalue weighted by atomic mass is 35.5. The molecule has 0 fully saturated rings. The average Bonchev–Trinajstić information content (AvgIpc) is 2.85. The van der Waals surface area contributed by atoms with Crippen LogP contribution in [0.4, 0.5) is 10.1 Å². The van der Waals surface area contributed by atoms with Crippen molar-refractivity contribution in [3.63, 3.8) is 0 Å². The van der Waals surface area contributed by atoms with Gasteiger partial charge in [0, 0.05) is 28.8 Å².